The number of carbonyl (C=O) groups is 2. The number of anilines is 3. The molecule has 180 valence electrons. The van der Waals surface area contributed by atoms with E-state index in [0.29, 0.717) is 23.3 Å². The van der Waals surface area contributed by atoms with Crippen LogP contribution in [0.25, 0.3) is 5.65 Å². The van der Waals surface area contributed by atoms with Gasteiger partial charge in [0, 0.05) is 36.8 Å². The van der Waals surface area contributed by atoms with Gasteiger partial charge in [0.15, 0.2) is 11.9 Å². The SMILES string of the molecule is CNC(=O)N=C(C=O)Cc1cnn2c(NC3CC3)cc(Nc3ccc(C#N)c(C(F)(F)F)c3)nc12. The summed E-state index contributed by atoms with van der Waals surface area (Å²) in [6.07, 6.45) is -0.879. The molecule has 2 heterocycles. The summed E-state index contributed by atoms with van der Waals surface area (Å²) in [7, 11) is 1.38. The van der Waals surface area contributed by atoms with E-state index in [2.05, 4.69) is 31.0 Å². The Hall–Kier alpha value is -4.47. The van der Waals surface area contributed by atoms with Gasteiger partial charge in [-0.15, -0.1) is 0 Å². The zero-order chi connectivity index (χ0) is 25.2. The molecule has 4 rings (SSSR count). The molecule has 1 aliphatic carbocycles. The molecule has 2 amide bonds. The molecule has 0 atom stereocenters. The van der Waals surface area contributed by atoms with Crippen molar-refractivity contribution >= 4 is 41.0 Å². The maximum Gasteiger partial charge on any atom is 0.417 e. The zero-order valence-electron chi connectivity index (χ0n) is 18.3. The molecule has 1 fully saturated rings. The van der Waals surface area contributed by atoms with Gasteiger partial charge in [-0.1, -0.05) is 0 Å². The Bertz CT molecular complexity index is 1370. The van der Waals surface area contributed by atoms with E-state index >= 15 is 0 Å². The number of aldehydes is 1. The second-order valence-corrected chi connectivity index (χ2v) is 7.80. The molecular formula is C22H19F3N8O2. The van der Waals surface area contributed by atoms with Crippen LogP contribution >= 0.6 is 0 Å². The van der Waals surface area contributed by atoms with Crippen molar-refractivity contribution in [2.24, 2.45) is 4.99 Å². The van der Waals surface area contributed by atoms with Gasteiger partial charge in [0.05, 0.1) is 29.1 Å². The molecule has 2 aromatic heterocycles. The first-order valence-electron chi connectivity index (χ1n) is 10.5. The highest BCUT2D eigenvalue weighted by atomic mass is 19.4. The fourth-order valence-corrected chi connectivity index (χ4v) is 3.33. The molecule has 0 unspecified atom stereocenters. The number of hydrogen-bond acceptors (Lipinski definition) is 7. The van der Waals surface area contributed by atoms with Crippen LogP contribution in [0.1, 0.15) is 29.5 Å². The van der Waals surface area contributed by atoms with Crippen LogP contribution in [0.5, 0.6) is 0 Å². The zero-order valence-corrected chi connectivity index (χ0v) is 18.3. The van der Waals surface area contributed by atoms with Gasteiger partial charge < -0.3 is 16.0 Å². The smallest absolute Gasteiger partial charge is 0.367 e. The van der Waals surface area contributed by atoms with Crippen molar-refractivity contribution in [3.8, 4) is 6.07 Å². The highest BCUT2D eigenvalue weighted by molar-refractivity contribution is 6.31. The first-order chi connectivity index (χ1) is 16.7. The van der Waals surface area contributed by atoms with Gasteiger partial charge in [0.25, 0.3) is 0 Å². The van der Waals surface area contributed by atoms with Gasteiger partial charge in [-0.05, 0) is 31.0 Å². The number of fused-ring (bicyclic) bond motifs is 1. The van der Waals surface area contributed by atoms with Gasteiger partial charge in [0.1, 0.15) is 11.6 Å². The third-order valence-corrected chi connectivity index (χ3v) is 5.16. The van der Waals surface area contributed by atoms with Crippen LogP contribution in [0.3, 0.4) is 0 Å². The van der Waals surface area contributed by atoms with E-state index in [-0.39, 0.29) is 29.7 Å². The monoisotopic (exact) mass is 484 g/mol. The third-order valence-electron chi connectivity index (χ3n) is 5.16. The lowest BCUT2D eigenvalue weighted by Gasteiger charge is -2.14. The Morgan fingerprint density at radius 1 is 1.34 bits per heavy atom. The predicted octanol–water partition coefficient (Wildman–Crippen LogP) is 3.46. The molecular weight excluding hydrogens is 465 g/mol. The summed E-state index contributed by atoms with van der Waals surface area (Å²) in [5, 5.41) is 21.8. The number of nitrogens with zero attached hydrogens (tertiary/aromatic N) is 5. The molecule has 0 aliphatic heterocycles. The molecule has 10 nitrogen and oxygen atoms in total. The summed E-state index contributed by atoms with van der Waals surface area (Å²) in [6.45, 7) is 0. The van der Waals surface area contributed by atoms with E-state index in [1.165, 1.54) is 23.8 Å². The topological polar surface area (TPSA) is 137 Å². The summed E-state index contributed by atoms with van der Waals surface area (Å²) in [5.41, 5.74) is -0.697. The summed E-state index contributed by atoms with van der Waals surface area (Å²) in [4.78, 5) is 31.1. The lowest BCUT2D eigenvalue weighted by molar-refractivity contribution is -0.137. The number of amides is 2. The minimum absolute atomic E-state index is 0.0329. The number of benzene rings is 1. The van der Waals surface area contributed by atoms with Gasteiger partial charge in [-0.3, -0.25) is 4.79 Å². The number of aliphatic imine (C=N–C) groups is 1. The molecule has 3 aromatic rings. The second-order valence-electron chi connectivity index (χ2n) is 7.80. The lowest BCUT2D eigenvalue weighted by Crippen LogP contribution is -2.17. The Balaban J connectivity index is 1.74. The van der Waals surface area contributed by atoms with E-state index in [1.54, 1.807) is 12.1 Å². The number of alkyl halides is 3. The first-order valence-corrected chi connectivity index (χ1v) is 10.5. The highest BCUT2D eigenvalue weighted by Crippen LogP contribution is 2.34. The Morgan fingerprint density at radius 2 is 2.11 bits per heavy atom. The third kappa shape index (κ3) is 5.37. The Labute approximate surface area is 196 Å². The minimum atomic E-state index is -4.70. The Kier molecular flexibility index (Phi) is 6.37. The number of urea groups is 1. The van der Waals surface area contributed by atoms with Crippen molar-refractivity contribution < 1.29 is 22.8 Å². The van der Waals surface area contributed by atoms with E-state index in [1.807, 2.05) is 0 Å². The quantitative estimate of drug-likeness (QED) is 0.345. The molecule has 0 radical (unpaired) electrons. The fourth-order valence-electron chi connectivity index (χ4n) is 3.33. The summed E-state index contributed by atoms with van der Waals surface area (Å²) < 4.78 is 41.6. The van der Waals surface area contributed by atoms with Crippen molar-refractivity contribution in [1.82, 2.24) is 19.9 Å². The van der Waals surface area contributed by atoms with E-state index in [4.69, 9.17) is 5.26 Å². The van der Waals surface area contributed by atoms with Crippen LogP contribution in [0, 0.1) is 11.3 Å². The summed E-state index contributed by atoms with van der Waals surface area (Å²) in [6, 6.07) is 5.98. The predicted molar refractivity (Wildman–Crippen MR) is 121 cm³/mol. The fraction of sp³-hybridized carbons (Fsp3) is 0.273. The van der Waals surface area contributed by atoms with E-state index in [0.717, 1.165) is 25.0 Å². The molecule has 35 heavy (non-hydrogen) atoms. The molecule has 1 aromatic carbocycles. The van der Waals surface area contributed by atoms with E-state index < -0.39 is 23.3 Å². The van der Waals surface area contributed by atoms with Crippen LogP contribution < -0.4 is 16.0 Å². The van der Waals surface area contributed by atoms with Gasteiger partial charge in [-0.2, -0.15) is 33.0 Å². The minimum Gasteiger partial charge on any atom is -0.367 e. The molecule has 3 N–H and O–H groups in total. The average molecular weight is 484 g/mol. The number of nitriles is 1. The van der Waals surface area contributed by atoms with E-state index in [9.17, 15) is 22.8 Å². The van der Waals surface area contributed by atoms with Crippen LogP contribution in [0.2, 0.25) is 0 Å². The molecule has 0 saturated heterocycles. The number of halogens is 3. The normalized spacial score (nSPS) is 13.9. The van der Waals surface area contributed by atoms with Gasteiger partial charge in [0.2, 0.25) is 0 Å². The number of aromatic nitrogens is 3. The van der Waals surface area contributed by atoms with Gasteiger partial charge >= 0.3 is 12.2 Å². The van der Waals surface area contributed by atoms with Crippen LogP contribution in [0.4, 0.5) is 35.3 Å². The number of rotatable bonds is 7. The van der Waals surface area contributed by atoms with Crippen molar-refractivity contribution in [1.29, 1.82) is 5.26 Å². The summed E-state index contributed by atoms with van der Waals surface area (Å²) in [5.74, 6) is 0.767. The van der Waals surface area contributed by atoms with Crippen molar-refractivity contribution in [2.45, 2.75) is 31.5 Å². The highest BCUT2D eigenvalue weighted by Gasteiger charge is 2.34. The summed E-state index contributed by atoms with van der Waals surface area (Å²) >= 11 is 0. The Morgan fingerprint density at radius 3 is 2.74 bits per heavy atom. The van der Waals surface area contributed by atoms with Gasteiger partial charge in [-0.25, -0.2) is 9.78 Å². The maximum atomic E-state index is 13.4. The largest absolute Gasteiger partial charge is 0.417 e. The van der Waals surface area contributed by atoms with Crippen molar-refractivity contribution in [3.63, 3.8) is 0 Å². The number of carbonyl (C=O) groups excluding carboxylic acids is 2. The maximum absolute atomic E-state index is 13.4. The first kappa shape index (κ1) is 23.7. The molecule has 0 bridgehead atoms. The average Bonchev–Trinajstić information content (AvgIpc) is 3.56. The molecule has 1 aliphatic rings. The number of nitrogens with one attached hydrogen (secondary N) is 3. The second kappa shape index (κ2) is 9.41. The molecule has 13 heteroatoms. The lowest BCUT2D eigenvalue weighted by atomic mass is 10.1. The van der Waals surface area contributed by atoms with Crippen LogP contribution in [-0.4, -0.2) is 45.7 Å². The van der Waals surface area contributed by atoms with Crippen molar-refractivity contribution in [2.75, 3.05) is 17.7 Å². The van der Waals surface area contributed by atoms with Crippen LogP contribution in [0.15, 0.2) is 35.5 Å². The number of hydrogen-bond donors (Lipinski definition) is 3. The van der Waals surface area contributed by atoms with Crippen LogP contribution in [-0.2, 0) is 17.4 Å². The molecule has 0 spiro atoms. The van der Waals surface area contributed by atoms with Crippen molar-refractivity contribution in [3.05, 3.63) is 47.2 Å². The standard InChI is InChI=1S/C22H19F3N8O2/c1-27-21(35)31-16(11-34)6-13-10-28-33-19(30-14-4-5-14)8-18(32-20(13)33)29-15-3-2-12(9-26)17(7-15)22(23,24)25/h2-3,7-8,10-11,14,30H,4-6H2,1H3,(H,27,35)(H,29,32). The molecule has 1 saturated carbocycles.